The number of rotatable bonds is 2. The molecule has 0 spiro atoms. The van der Waals surface area contributed by atoms with Crippen molar-refractivity contribution >= 4 is 46.4 Å². The summed E-state index contributed by atoms with van der Waals surface area (Å²) in [6.45, 7) is 0. The predicted octanol–water partition coefficient (Wildman–Crippen LogP) is 5.86. The summed E-state index contributed by atoms with van der Waals surface area (Å²) in [5, 5.41) is 12.8. The summed E-state index contributed by atoms with van der Waals surface area (Å²) in [4.78, 5) is 12.4. The van der Waals surface area contributed by atoms with Crippen LogP contribution in [0.25, 0.3) is 22.8 Å². The van der Waals surface area contributed by atoms with Crippen molar-refractivity contribution in [1.82, 2.24) is 0 Å². The number of carbonyl (C=O) groups excluding carboxylic acids is 1. The number of anilines is 1. The van der Waals surface area contributed by atoms with Crippen molar-refractivity contribution < 1.29 is 9.90 Å². The number of halogens is 2. The maximum absolute atomic E-state index is 12.4. The third-order valence-electron chi connectivity index (χ3n) is 4.26. The molecule has 1 heterocycles. The number of carbonyl (C=O) groups is 1. The molecule has 4 rings (SSSR count). The Kier molecular flexibility index (Phi) is 4.19. The molecule has 5 heteroatoms. The van der Waals surface area contributed by atoms with Crippen molar-refractivity contribution in [2.45, 2.75) is 0 Å². The molecule has 3 nitrogen and oxygen atoms in total. The Morgan fingerprint density at radius 3 is 2.27 bits per heavy atom. The maximum atomic E-state index is 12.4. The van der Waals surface area contributed by atoms with Crippen LogP contribution in [0.2, 0.25) is 10.0 Å². The Labute approximate surface area is 160 Å². The van der Waals surface area contributed by atoms with E-state index in [0.29, 0.717) is 11.1 Å². The highest BCUT2D eigenvalue weighted by atomic mass is 35.5. The van der Waals surface area contributed by atoms with E-state index in [1.807, 2.05) is 48.5 Å². The first-order valence-electron chi connectivity index (χ1n) is 7.94. The highest BCUT2D eigenvalue weighted by molar-refractivity contribution is 6.38. The van der Waals surface area contributed by atoms with Crippen molar-refractivity contribution in [2.75, 3.05) is 5.32 Å². The quantitative estimate of drug-likeness (QED) is 0.546. The van der Waals surface area contributed by atoms with Crippen molar-refractivity contribution in [3.8, 4) is 16.9 Å². The number of phenols is 1. The van der Waals surface area contributed by atoms with Gasteiger partial charge in [0.1, 0.15) is 0 Å². The highest BCUT2D eigenvalue weighted by Crippen LogP contribution is 2.38. The first-order valence-corrected chi connectivity index (χ1v) is 8.69. The molecule has 26 heavy (non-hydrogen) atoms. The molecule has 0 saturated heterocycles. The summed E-state index contributed by atoms with van der Waals surface area (Å²) in [5.41, 5.74) is 4.84. The Morgan fingerprint density at radius 1 is 0.885 bits per heavy atom. The lowest BCUT2D eigenvalue weighted by Gasteiger charge is -2.06. The summed E-state index contributed by atoms with van der Waals surface area (Å²) < 4.78 is 0. The number of benzene rings is 3. The van der Waals surface area contributed by atoms with E-state index < -0.39 is 0 Å². The third-order valence-corrected chi connectivity index (χ3v) is 4.84. The SMILES string of the molecule is O=C1Nc2ccc(-c3ccccc3)cc2C1=Cc1cc(Cl)c(O)c(Cl)c1. The molecule has 3 aromatic rings. The van der Waals surface area contributed by atoms with Gasteiger partial charge in [0.15, 0.2) is 5.75 Å². The Bertz CT molecular complexity index is 1040. The molecule has 0 radical (unpaired) electrons. The summed E-state index contributed by atoms with van der Waals surface area (Å²) in [6, 6.07) is 19.0. The van der Waals surface area contributed by atoms with Crippen LogP contribution in [0.1, 0.15) is 11.1 Å². The minimum Gasteiger partial charge on any atom is -0.505 e. The molecule has 0 aromatic heterocycles. The lowest BCUT2D eigenvalue weighted by atomic mass is 9.98. The average Bonchev–Trinajstić information content (AvgIpc) is 2.95. The van der Waals surface area contributed by atoms with Crippen LogP contribution >= 0.6 is 23.2 Å². The van der Waals surface area contributed by atoms with Gasteiger partial charge in [0.25, 0.3) is 5.91 Å². The van der Waals surface area contributed by atoms with Crippen molar-refractivity contribution in [1.29, 1.82) is 0 Å². The van der Waals surface area contributed by atoms with Crippen LogP contribution in [0, 0.1) is 0 Å². The molecular weight excluding hydrogens is 369 g/mol. The van der Waals surface area contributed by atoms with E-state index >= 15 is 0 Å². The van der Waals surface area contributed by atoms with Gasteiger partial charge in [0, 0.05) is 16.8 Å². The van der Waals surface area contributed by atoms with Crippen LogP contribution in [0.15, 0.2) is 60.7 Å². The van der Waals surface area contributed by atoms with Crippen LogP contribution in [0.4, 0.5) is 5.69 Å². The van der Waals surface area contributed by atoms with E-state index in [9.17, 15) is 9.90 Å². The largest absolute Gasteiger partial charge is 0.505 e. The smallest absolute Gasteiger partial charge is 0.256 e. The number of phenolic OH excluding ortho intramolecular Hbond substituents is 1. The van der Waals surface area contributed by atoms with Crippen LogP contribution < -0.4 is 5.32 Å². The fourth-order valence-electron chi connectivity index (χ4n) is 2.98. The number of hydrogen-bond donors (Lipinski definition) is 2. The van der Waals surface area contributed by atoms with Crippen LogP contribution in [0.5, 0.6) is 5.75 Å². The van der Waals surface area contributed by atoms with Crippen molar-refractivity contribution in [3.05, 3.63) is 81.8 Å². The van der Waals surface area contributed by atoms with Crippen LogP contribution in [-0.4, -0.2) is 11.0 Å². The second kappa shape index (κ2) is 6.52. The Hall–Kier alpha value is -2.75. The summed E-state index contributed by atoms with van der Waals surface area (Å²) in [5.74, 6) is -0.358. The second-order valence-corrected chi connectivity index (χ2v) is 6.79. The van der Waals surface area contributed by atoms with Gasteiger partial charge in [0.05, 0.1) is 10.0 Å². The van der Waals surface area contributed by atoms with E-state index in [1.54, 1.807) is 18.2 Å². The molecule has 3 aromatic carbocycles. The molecule has 2 N–H and O–H groups in total. The van der Waals surface area contributed by atoms with E-state index in [4.69, 9.17) is 23.2 Å². The molecule has 0 aliphatic carbocycles. The zero-order valence-electron chi connectivity index (χ0n) is 13.5. The molecule has 1 aliphatic heterocycles. The van der Waals surface area contributed by atoms with Gasteiger partial charge in [-0.2, -0.15) is 0 Å². The van der Waals surface area contributed by atoms with Crippen molar-refractivity contribution in [2.24, 2.45) is 0 Å². The fourth-order valence-corrected chi connectivity index (χ4v) is 3.48. The van der Waals surface area contributed by atoms with Gasteiger partial charge >= 0.3 is 0 Å². The molecule has 1 amide bonds. The van der Waals surface area contributed by atoms with Gasteiger partial charge in [-0.25, -0.2) is 0 Å². The molecule has 0 fully saturated rings. The van der Waals surface area contributed by atoms with E-state index in [2.05, 4.69) is 5.32 Å². The molecular formula is C21H13Cl2NO2. The first kappa shape index (κ1) is 16.7. The van der Waals surface area contributed by atoms with Gasteiger partial charge in [-0.05, 0) is 47.0 Å². The van der Waals surface area contributed by atoms with Gasteiger partial charge in [-0.15, -0.1) is 0 Å². The van der Waals surface area contributed by atoms with E-state index in [1.165, 1.54) is 0 Å². The number of aromatic hydroxyl groups is 1. The standard InChI is InChI=1S/C21H13Cl2NO2/c22-17-9-12(10-18(23)20(17)25)8-16-15-11-14(13-4-2-1-3-5-13)6-7-19(15)24-21(16)26/h1-11,25H,(H,24,26). The zero-order chi connectivity index (χ0) is 18.3. The Morgan fingerprint density at radius 2 is 1.58 bits per heavy atom. The Balaban J connectivity index is 1.82. The average molecular weight is 382 g/mol. The normalized spacial score (nSPS) is 14.4. The second-order valence-electron chi connectivity index (χ2n) is 5.97. The van der Waals surface area contributed by atoms with Gasteiger partial charge in [0.2, 0.25) is 0 Å². The summed E-state index contributed by atoms with van der Waals surface area (Å²) >= 11 is 12.0. The molecule has 1 aliphatic rings. The van der Waals surface area contributed by atoms with Gasteiger partial charge in [-0.3, -0.25) is 4.79 Å². The third kappa shape index (κ3) is 2.96. The molecule has 128 valence electrons. The summed E-state index contributed by atoms with van der Waals surface area (Å²) in [7, 11) is 0. The monoisotopic (exact) mass is 381 g/mol. The minimum atomic E-state index is -0.189. The van der Waals surface area contributed by atoms with E-state index in [0.717, 1.165) is 22.4 Å². The molecule has 0 atom stereocenters. The number of fused-ring (bicyclic) bond motifs is 1. The highest BCUT2D eigenvalue weighted by Gasteiger charge is 2.24. The maximum Gasteiger partial charge on any atom is 0.256 e. The van der Waals surface area contributed by atoms with Crippen LogP contribution in [-0.2, 0) is 4.79 Å². The van der Waals surface area contributed by atoms with Crippen molar-refractivity contribution in [3.63, 3.8) is 0 Å². The minimum absolute atomic E-state index is 0.140. The van der Waals surface area contributed by atoms with Crippen LogP contribution in [0.3, 0.4) is 0 Å². The first-order chi connectivity index (χ1) is 12.5. The topological polar surface area (TPSA) is 49.3 Å². The fraction of sp³-hybridized carbons (Fsp3) is 0. The molecule has 0 saturated carbocycles. The lowest BCUT2D eigenvalue weighted by molar-refractivity contribution is -0.110. The molecule has 0 bridgehead atoms. The molecule has 0 unspecified atom stereocenters. The zero-order valence-corrected chi connectivity index (χ0v) is 15.0. The number of hydrogen-bond acceptors (Lipinski definition) is 2. The van der Waals surface area contributed by atoms with Gasteiger partial charge < -0.3 is 10.4 Å². The number of nitrogens with one attached hydrogen (secondary N) is 1. The number of amides is 1. The summed E-state index contributed by atoms with van der Waals surface area (Å²) in [6.07, 6.45) is 1.72. The predicted molar refractivity (Wildman–Crippen MR) is 107 cm³/mol. The van der Waals surface area contributed by atoms with Gasteiger partial charge in [-0.1, -0.05) is 59.6 Å². The lowest BCUT2D eigenvalue weighted by Crippen LogP contribution is -2.03. The van der Waals surface area contributed by atoms with E-state index in [-0.39, 0.29) is 21.7 Å².